The Morgan fingerprint density at radius 1 is 0.800 bits per heavy atom. The Bertz CT molecular complexity index is 1210. The largest absolute Gasteiger partial charge is 0.375 e. The fourth-order valence-corrected chi connectivity index (χ4v) is 4.87. The van der Waals surface area contributed by atoms with Gasteiger partial charge in [0.15, 0.2) is 5.82 Å². The van der Waals surface area contributed by atoms with Crippen molar-refractivity contribution >= 4 is 17.6 Å². The second-order valence-corrected chi connectivity index (χ2v) is 9.86. The molecule has 2 amide bonds. The van der Waals surface area contributed by atoms with Gasteiger partial charge in [-0.15, -0.1) is 10.2 Å². The van der Waals surface area contributed by atoms with Crippen LogP contribution < -0.4 is 4.90 Å². The van der Waals surface area contributed by atoms with E-state index in [4.69, 9.17) is 4.74 Å². The van der Waals surface area contributed by atoms with Crippen LogP contribution in [0, 0.1) is 0 Å². The molecule has 2 aromatic carbocycles. The van der Waals surface area contributed by atoms with Crippen molar-refractivity contribution in [3.8, 4) is 22.4 Å². The molecule has 0 aliphatic carbocycles. The number of nitrogens with zero attached hydrogens (tertiary/aromatic N) is 6. The Kier molecular flexibility index (Phi) is 10.6. The van der Waals surface area contributed by atoms with Crippen LogP contribution in [0.5, 0.6) is 0 Å². The van der Waals surface area contributed by atoms with Gasteiger partial charge in [-0.05, 0) is 36.3 Å². The van der Waals surface area contributed by atoms with Gasteiger partial charge in [0.05, 0.1) is 12.2 Å². The lowest BCUT2D eigenvalue weighted by Gasteiger charge is -2.36. The van der Waals surface area contributed by atoms with Crippen molar-refractivity contribution in [1.82, 2.24) is 24.9 Å². The number of rotatable bonds is 12. The quantitative estimate of drug-likeness (QED) is 0.346. The highest BCUT2D eigenvalue weighted by molar-refractivity contribution is 5.85. The molecule has 1 fully saturated rings. The van der Waals surface area contributed by atoms with Gasteiger partial charge in [-0.2, -0.15) is 0 Å². The number of amides is 2. The fraction of sp³-hybridized carbons (Fsp3) is 0.419. The van der Waals surface area contributed by atoms with E-state index >= 15 is 0 Å². The van der Waals surface area contributed by atoms with Gasteiger partial charge >= 0.3 is 0 Å². The fourth-order valence-electron chi connectivity index (χ4n) is 4.87. The molecule has 9 nitrogen and oxygen atoms in total. The van der Waals surface area contributed by atoms with E-state index in [-0.39, 0.29) is 25.0 Å². The molecule has 212 valence electrons. The molecular weight excluding hydrogens is 504 g/mol. The van der Waals surface area contributed by atoms with Gasteiger partial charge in [0.2, 0.25) is 11.8 Å². The van der Waals surface area contributed by atoms with E-state index in [1.165, 1.54) is 12.7 Å². The second-order valence-electron chi connectivity index (χ2n) is 9.86. The van der Waals surface area contributed by atoms with Crippen molar-refractivity contribution in [2.45, 2.75) is 13.8 Å². The van der Waals surface area contributed by atoms with Crippen molar-refractivity contribution in [2.24, 2.45) is 0 Å². The Hall–Kier alpha value is -3.82. The summed E-state index contributed by atoms with van der Waals surface area (Å²) in [4.78, 5) is 33.5. The summed E-state index contributed by atoms with van der Waals surface area (Å²) in [5, 5.41) is 8.95. The predicted molar refractivity (Wildman–Crippen MR) is 158 cm³/mol. The summed E-state index contributed by atoms with van der Waals surface area (Å²) >= 11 is 0. The van der Waals surface area contributed by atoms with Crippen molar-refractivity contribution in [1.29, 1.82) is 0 Å². The standard InChI is InChI=1S/C31H40N6O3/c1-4-34(5-2)17-18-37(31(39)24-40-3)23-30(38)36-21-19-35(20-22-36)29-16-15-28(32-33-29)27-13-11-26(12-14-27)25-9-7-6-8-10-25/h6-16H,4-5,17-24H2,1-3H3. The lowest BCUT2D eigenvalue weighted by molar-refractivity contribution is -0.143. The van der Waals surface area contributed by atoms with Crippen LogP contribution in [0.25, 0.3) is 22.4 Å². The average molecular weight is 545 g/mol. The van der Waals surface area contributed by atoms with E-state index in [1.54, 1.807) is 4.90 Å². The second kappa shape index (κ2) is 14.5. The zero-order valence-corrected chi connectivity index (χ0v) is 23.8. The molecule has 1 aliphatic rings. The Morgan fingerprint density at radius 3 is 2.05 bits per heavy atom. The molecule has 1 aromatic heterocycles. The summed E-state index contributed by atoms with van der Waals surface area (Å²) in [5.41, 5.74) is 4.18. The highest BCUT2D eigenvalue weighted by Crippen LogP contribution is 2.24. The summed E-state index contributed by atoms with van der Waals surface area (Å²) in [7, 11) is 1.50. The lowest BCUT2D eigenvalue weighted by atomic mass is 10.0. The van der Waals surface area contributed by atoms with Gasteiger partial charge in [0.25, 0.3) is 0 Å². The van der Waals surface area contributed by atoms with Gasteiger partial charge in [-0.25, -0.2) is 0 Å². The minimum atomic E-state index is -0.160. The first-order valence-electron chi connectivity index (χ1n) is 14.0. The molecule has 1 aliphatic heterocycles. The molecule has 2 heterocycles. The van der Waals surface area contributed by atoms with Crippen LogP contribution in [0.15, 0.2) is 66.7 Å². The molecular formula is C31H40N6O3. The molecule has 0 atom stereocenters. The number of ether oxygens (including phenoxy) is 1. The maximum atomic E-state index is 13.1. The smallest absolute Gasteiger partial charge is 0.249 e. The zero-order chi connectivity index (χ0) is 28.3. The monoisotopic (exact) mass is 544 g/mol. The number of benzene rings is 2. The number of likely N-dealkylation sites (N-methyl/N-ethyl adjacent to an activating group) is 1. The van der Waals surface area contributed by atoms with Crippen LogP contribution >= 0.6 is 0 Å². The highest BCUT2D eigenvalue weighted by atomic mass is 16.5. The highest BCUT2D eigenvalue weighted by Gasteiger charge is 2.25. The number of hydrogen-bond acceptors (Lipinski definition) is 7. The van der Waals surface area contributed by atoms with Crippen molar-refractivity contribution in [2.75, 3.05) is 77.5 Å². The Morgan fingerprint density at radius 2 is 1.45 bits per heavy atom. The molecule has 4 rings (SSSR count). The van der Waals surface area contributed by atoms with Crippen LogP contribution in [-0.4, -0.2) is 109 Å². The Labute approximate surface area is 237 Å². The third-order valence-electron chi connectivity index (χ3n) is 7.42. The van der Waals surface area contributed by atoms with Crippen LogP contribution in [0.4, 0.5) is 5.82 Å². The average Bonchev–Trinajstić information content (AvgIpc) is 3.01. The first kappa shape index (κ1) is 29.2. The predicted octanol–water partition coefficient (Wildman–Crippen LogP) is 3.28. The molecule has 0 unspecified atom stereocenters. The third kappa shape index (κ3) is 7.64. The minimum Gasteiger partial charge on any atom is -0.375 e. The summed E-state index contributed by atoms with van der Waals surface area (Å²) in [6.07, 6.45) is 0. The normalized spacial score (nSPS) is 13.5. The summed E-state index contributed by atoms with van der Waals surface area (Å²) < 4.78 is 5.05. The van der Waals surface area contributed by atoms with Crippen LogP contribution in [-0.2, 0) is 14.3 Å². The number of carbonyl (C=O) groups is 2. The van der Waals surface area contributed by atoms with Gasteiger partial charge in [0, 0.05) is 51.9 Å². The maximum Gasteiger partial charge on any atom is 0.249 e. The van der Waals surface area contributed by atoms with Gasteiger partial charge < -0.3 is 24.3 Å². The molecule has 0 saturated carbocycles. The van der Waals surface area contributed by atoms with Crippen LogP contribution in [0.3, 0.4) is 0 Å². The van der Waals surface area contributed by atoms with E-state index in [2.05, 4.69) is 70.2 Å². The van der Waals surface area contributed by atoms with Crippen molar-refractivity contribution in [3.05, 3.63) is 66.7 Å². The maximum absolute atomic E-state index is 13.1. The van der Waals surface area contributed by atoms with Crippen molar-refractivity contribution in [3.63, 3.8) is 0 Å². The van der Waals surface area contributed by atoms with E-state index in [0.717, 1.165) is 42.3 Å². The first-order valence-corrected chi connectivity index (χ1v) is 14.0. The number of methoxy groups -OCH3 is 1. The van der Waals surface area contributed by atoms with Crippen LogP contribution in [0.2, 0.25) is 0 Å². The number of piperazine rings is 1. The Balaban J connectivity index is 1.30. The molecule has 9 heteroatoms. The van der Waals surface area contributed by atoms with Gasteiger partial charge in [-0.1, -0.05) is 68.4 Å². The number of aromatic nitrogens is 2. The van der Waals surface area contributed by atoms with E-state index < -0.39 is 0 Å². The van der Waals surface area contributed by atoms with Gasteiger partial charge in [-0.3, -0.25) is 9.59 Å². The number of hydrogen-bond donors (Lipinski definition) is 0. The topological polar surface area (TPSA) is 82.1 Å². The summed E-state index contributed by atoms with van der Waals surface area (Å²) in [5.74, 6) is 0.601. The number of carbonyl (C=O) groups excluding carboxylic acids is 2. The van der Waals surface area contributed by atoms with Gasteiger partial charge in [0.1, 0.15) is 6.61 Å². The molecule has 1 saturated heterocycles. The molecule has 0 N–H and O–H groups in total. The van der Waals surface area contributed by atoms with E-state index in [9.17, 15) is 9.59 Å². The van der Waals surface area contributed by atoms with E-state index in [0.29, 0.717) is 32.7 Å². The molecule has 40 heavy (non-hydrogen) atoms. The number of anilines is 1. The van der Waals surface area contributed by atoms with Crippen LogP contribution in [0.1, 0.15) is 13.8 Å². The summed E-state index contributed by atoms with van der Waals surface area (Å²) in [6, 6.07) is 22.6. The molecule has 3 aromatic rings. The molecule has 0 spiro atoms. The SMILES string of the molecule is CCN(CC)CCN(CC(=O)N1CCN(c2ccc(-c3ccc(-c4ccccc4)cc3)nn2)CC1)C(=O)COC. The third-order valence-corrected chi connectivity index (χ3v) is 7.42. The first-order chi connectivity index (χ1) is 19.5. The molecule has 0 bridgehead atoms. The zero-order valence-electron chi connectivity index (χ0n) is 23.8. The summed E-state index contributed by atoms with van der Waals surface area (Å²) in [6.45, 7) is 9.76. The molecule has 0 radical (unpaired) electrons. The lowest BCUT2D eigenvalue weighted by Crippen LogP contribution is -2.53. The minimum absolute atomic E-state index is 0.0227. The van der Waals surface area contributed by atoms with Crippen molar-refractivity contribution < 1.29 is 14.3 Å². The van der Waals surface area contributed by atoms with E-state index in [1.807, 2.05) is 35.2 Å².